The van der Waals surface area contributed by atoms with E-state index in [0.29, 0.717) is 27.9 Å². The van der Waals surface area contributed by atoms with Crippen molar-refractivity contribution in [1.29, 1.82) is 0 Å². The number of amides is 1. The van der Waals surface area contributed by atoms with Crippen LogP contribution in [-0.2, 0) is 5.75 Å². The number of thioether (sulfide) groups is 1. The van der Waals surface area contributed by atoms with Gasteiger partial charge in [-0.2, -0.15) is 0 Å². The van der Waals surface area contributed by atoms with E-state index in [-0.39, 0.29) is 11.7 Å². The lowest BCUT2D eigenvalue weighted by molar-refractivity contribution is 0.0827. The number of hydrogen-bond acceptors (Lipinski definition) is 4. The van der Waals surface area contributed by atoms with Gasteiger partial charge in [0.1, 0.15) is 5.82 Å². The van der Waals surface area contributed by atoms with Crippen molar-refractivity contribution in [2.24, 2.45) is 0 Å². The lowest BCUT2D eigenvalue weighted by Crippen LogP contribution is -2.21. The Morgan fingerprint density at radius 3 is 2.31 bits per heavy atom. The summed E-state index contributed by atoms with van der Waals surface area (Å²) in [6.45, 7) is 2.02. The Bertz CT molecular complexity index is 1230. The smallest absolute Gasteiger partial charge is 0.253 e. The van der Waals surface area contributed by atoms with Crippen LogP contribution in [0.5, 0.6) is 0 Å². The number of carbonyl (C=O) groups is 1. The second-order valence-electron chi connectivity index (χ2n) is 7.64. The van der Waals surface area contributed by atoms with E-state index in [1.165, 1.54) is 17.8 Å². The van der Waals surface area contributed by atoms with Crippen molar-refractivity contribution in [2.45, 2.75) is 17.8 Å². The molecule has 0 saturated carbocycles. The Morgan fingerprint density at radius 2 is 1.66 bits per heavy atom. The Morgan fingerprint density at radius 1 is 0.969 bits per heavy atom. The van der Waals surface area contributed by atoms with Gasteiger partial charge in [-0.15, -0.1) is 10.2 Å². The minimum atomic E-state index is -0.342. The third-order valence-electron chi connectivity index (χ3n) is 5.02. The predicted molar refractivity (Wildman–Crippen MR) is 126 cm³/mol. The van der Waals surface area contributed by atoms with Crippen molar-refractivity contribution in [1.82, 2.24) is 19.7 Å². The first-order chi connectivity index (χ1) is 15.4. The van der Waals surface area contributed by atoms with Gasteiger partial charge in [0.2, 0.25) is 0 Å². The molecule has 1 heterocycles. The number of rotatable bonds is 6. The maximum absolute atomic E-state index is 14.5. The number of benzene rings is 3. The van der Waals surface area contributed by atoms with Gasteiger partial charge < -0.3 is 4.90 Å². The van der Waals surface area contributed by atoms with E-state index < -0.39 is 0 Å². The van der Waals surface area contributed by atoms with Crippen LogP contribution in [0.1, 0.15) is 21.5 Å². The summed E-state index contributed by atoms with van der Waals surface area (Å²) < 4.78 is 16.4. The maximum atomic E-state index is 14.5. The molecule has 0 fully saturated rings. The summed E-state index contributed by atoms with van der Waals surface area (Å²) >= 11 is 1.51. The predicted octanol–water partition coefficient (Wildman–Crippen LogP) is 5.38. The standard InChI is InChI=1S/C25H23FN4OS/c1-17-8-14-20(15-9-17)30-23(21-6-4-5-7-22(21)26)27-28-25(30)32-16-18-10-12-19(13-11-18)24(31)29(2)3/h4-15H,16H2,1-3H3. The monoisotopic (exact) mass is 446 g/mol. The van der Waals surface area contributed by atoms with Crippen LogP contribution >= 0.6 is 11.8 Å². The Labute approximate surface area is 190 Å². The highest BCUT2D eigenvalue weighted by atomic mass is 32.2. The Kier molecular flexibility index (Phi) is 6.37. The molecule has 0 aliphatic carbocycles. The average Bonchev–Trinajstić information content (AvgIpc) is 3.22. The van der Waals surface area contributed by atoms with Crippen LogP contribution in [0, 0.1) is 12.7 Å². The lowest BCUT2D eigenvalue weighted by atomic mass is 10.1. The van der Waals surface area contributed by atoms with Crippen LogP contribution in [0.2, 0.25) is 0 Å². The summed E-state index contributed by atoms with van der Waals surface area (Å²) in [6, 6.07) is 22.1. The normalized spacial score (nSPS) is 10.9. The van der Waals surface area contributed by atoms with Gasteiger partial charge in [-0.05, 0) is 48.9 Å². The van der Waals surface area contributed by atoms with Gasteiger partial charge >= 0.3 is 0 Å². The summed E-state index contributed by atoms with van der Waals surface area (Å²) in [5.74, 6) is 0.725. The summed E-state index contributed by atoms with van der Waals surface area (Å²) in [5.41, 5.74) is 4.10. The molecule has 0 aliphatic heterocycles. The summed E-state index contributed by atoms with van der Waals surface area (Å²) in [7, 11) is 3.47. The van der Waals surface area contributed by atoms with Crippen molar-refractivity contribution in [3.8, 4) is 17.1 Å². The molecule has 1 amide bonds. The molecular weight excluding hydrogens is 423 g/mol. The molecule has 162 valence electrons. The molecule has 0 aliphatic rings. The van der Waals surface area contributed by atoms with E-state index in [1.807, 2.05) is 60.0 Å². The Balaban J connectivity index is 1.65. The van der Waals surface area contributed by atoms with Crippen LogP contribution in [0.15, 0.2) is 78.0 Å². The van der Waals surface area contributed by atoms with Crippen molar-refractivity contribution in [3.05, 3.63) is 95.3 Å². The average molecular weight is 447 g/mol. The quantitative estimate of drug-likeness (QED) is 0.373. The Hall–Kier alpha value is -3.45. The van der Waals surface area contributed by atoms with E-state index in [0.717, 1.165) is 16.8 Å². The first kappa shape index (κ1) is 21.8. The van der Waals surface area contributed by atoms with E-state index in [2.05, 4.69) is 10.2 Å². The number of aromatic nitrogens is 3. The van der Waals surface area contributed by atoms with E-state index in [4.69, 9.17) is 0 Å². The van der Waals surface area contributed by atoms with Crippen molar-refractivity contribution < 1.29 is 9.18 Å². The zero-order chi connectivity index (χ0) is 22.7. The van der Waals surface area contributed by atoms with Crippen molar-refractivity contribution >= 4 is 17.7 Å². The van der Waals surface area contributed by atoms with E-state index in [9.17, 15) is 9.18 Å². The largest absolute Gasteiger partial charge is 0.345 e. The molecule has 0 N–H and O–H groups in total. The fourth-order valence-electron chi connectivity index (χ4n) is 3.26. The van der Waals surface area contributed by atoms with Gasteiger partial charge in [-0.25, -0.2) is 4.39 Å². The molecule has 1 aromatic heterocycles. The number of carbonyl (C=O) groups excluding carboxylic acids is 1. The SMILES string of the molecule is Cc1ccc(-n2c(SCc3ccc(C(=O)N(C)C)cc3)nnc2-c2ccccc2F)cc1. The van der Waals surface area contributed by atoms with Crippen molar-refractivity contribution in [2.75, 3.05) is 14.1 Å². The van der Waals surface area contributed by atoms with E-state index in [1.54, 1.807) is 37.2 Å². The number of nitrogens with zero attached hydrogens (tertiary/aromatic N) is 4. The molecule has 0 atom stereocenters. The minimum absolute atomic E-state index is 0.0298. The van der Waals surface area contributed by atoms with Crippen LogP contribution in [0.3, 0.4) is 0 Å². The molecule has 4 rings (SSSR count). The fourth-order valence-corrected chi connectivity index (χ4v) is 4.16. The maximum Gasteiger partial charge on any atom is 0.253 e. The van der Waals surface area contributed by atoms with Crippen LogP contribution in [0.25, 0.3) is 17.1 Å². The highest BCUT2D eigenvalue weighted by Gasteiger charge is 2.19. The van der Waals surface area contributed by atoms with Gasteiger partial charge in [0.15, 0.2) is 11.0 Å². The molecular formula is C25H23FN4OS. The minimum Gasteiger partial charge on any atom is -0.345 e. The third-order valence-corrected chi connectivity index (χ3v) is 6.02. The van der Waals surface area contributed by atoms with Crippen LogP contribution in [0.4, 0.5) is 4.39 Å². The van der Waals surface area contributed by atoms with Gasteiger partial charge in [0.25, 0.3) is 5.91 Å². The number of aryl methyl sites for hydroxylation is 1. The van der Waals surface area contributed by atoms with Gasteiger partial charge in [0, 0.05) is 31.1 Å². The number of halogens is 1. The molecule has 0 radical (unpaired) electrons. The summed E-state index contributed by atoms with van der Waals surface area (Å²) in [4.78, 5) is 13.6. The van der Waals surface area contributed by atoms with Gasteiger partial charge in [-0.1, -0.05) is 53.7 Å². The highest BCUT2D eigenvalue weighted by Crippen LogP contribution is 2.31. The summed E-state index contributed by atoms with van der Waals surface area (Å²) in [5, 5.41) is 9.35. The molecule has 0 bridgehead atoms. The zero-order valence-electron chi connectivity index (χ0n) is 18.1. The molecule has 5 nitrogen and oxygen atoms in total. The molecule has 32 heavy (non-hydrogen) atoms. The number of hydrogen-bond donors (Lipinski definition) is 0. The fraction of sp³-hybridized carbons (Fsp3) is 0.160. The molecule has 7 heteroatoms. The first-order valence-electron chi connectivity index (χ1n) is 10.1. The van der Waals surface area contributed by atoms with E-state index >= 15 is 0 Å². The highest BCUT2D eigenvalue weighted by molar-refractivity contribution is 7.98. The second-order valence-corrected chi connectivity index (χ2v) is 8.58. The third kappa shape index (κ3) is 4.57. The van der Waals surface area contributed by atoms with Crippen LogP contribution < -0.4 is 0 Å². The van der Waals surface area contributed by atoms with Gasteiger partial charge in [0.05, 0.1) is 5.56 Å². The second kappa shape index (κ2) is 9.36. The molecule has 0 unspecified atom stereocenters. The zero-order valence-corrected chi connectivity index (χ0v) is 18.9. The van der Waals surface area contributed by atoms with Crippen LogP contribution in [-0.4, -0.2) is 39.7 Å². The molecule has 0 spiro atoms. The first-order valence-corrected chi connectivity index (χ1v) is 11.1. The molecule has 4 aromatic rings. The molecule has 3 aromatic carbocycles. The lowest BCUT2D eigenvalue weighted by Gasteiger charge is -2.12. The van der Waals surface area contributed by atoms with Gasteiger partial charge in [-0.3, -0.25) is 9.36 Å². The topological polar surface area (TPSA) is 51.0 Å². The van der Waals surface area contributed by atoms with Crippen molar-refractivity contribution in [3.63, 3.8) is 0 Å². The summed E-state index contributed by atoms with van der Waals surface area (Å²) in [6.07, 6.45) is 0. The molecule has 0 saturated heterocycles.